The molecule has 21 heavy (non-hydrogen) atoms. The van der Waals surface area contributed by atoms with Gasteiger partial charge in [0, 0.05) is 6.42 Å². The van der Waals surface area contributed by atoms with Gasteiger partial charge in [0.25, 0.3) is 10.0 Å². The van der Waals surface area contributed by atoms with Gasteiger partial charge >= 0.3 is 0 Å². The largest absolute Gasteiger partial charge is 0.274 e. The second kappa shape index (κ2) is 6.34. The first kappa shape index (κ1) is 15.6. The molecule has 114 valence electrons. The molecule has 1 aliphatic carbocycles. The molecule has 1 N–H and O–H groups in total. The average molecular weight is 315 g/mol. The van der Waals surface area contributed by atoms with Crippen molar-refractivity contribution in [3.05, 3.63) is 41.5 Å². The maximum atomic E-state index is 13.1. The van der Waals surface area contributed by atoms with Crippen LogP contribution >= 0.6 is 0 Å². The maximum Gasteiger partial charge on any atom is 0.264 e. The Morgan fingerprint density at radius 1 is 1.19 bits per heavy atom. The smallest absolute Gasteiger partial charge is 0.264 e. The van der Waals surface area contributed by atoms with E-state index in [-0.39, 0.29) is 6.42 Å². The van der Waals surface area contributed by atoms with Gasteiger partial charge in [-0.3, -0.25) is 4.79 Å². The van der Waals surface area contributed by atoms with E-state index in [2.05, 4.69) is 0 Å². The predicted molar refractivity (Wildman–Crippen MR) is 72.9 cm³/mol. The van der Waals surface area contributed by atoms with E-state index in [4.69, 9.17) is 0 Å². The Bertz CT molecular complexity index is 683. The standard InChI is InChI=1S/C14H15F2NO3S/c15-12-7-6-11(9-13(12)16)21(19,20)17-14(18)8-10-4-2-1-3-5-10/h4,6-7,9H,1-3,5,8H2,(H,17,18). The van der Waals surface area contributed by atoms with Gasteiger partial charge in [-0.25, -0.2) is 21.9 Å². The molecule has 0 radical (unpaired) electrons. The Morgan fingerprint density at radius 3 is 2.57 bits per heavy atom. The Morgan fingerprint density at radius 2 is 1.95 bits per heavy atom. The maximum absolute atomic E-state index is 13.1. The number of halogens is 2. The Balaban J connectivity index is 2.07. The summed E-state index contributed by atoms with van der Waals surface area (Å²) in [5, 5.41) is 0. The van der Waals surface area contributed by atoms with E-state index >= 15 is 0 Å². The third-order valence-corrected chi connectivity index (χ3v) is 4.59. The molecule has 0 aliphatic heterocycles. The van der Waals surface area contributed by atoms with Crippen LogP contribution in [0.5, 0.6) is 0 Å². The van der Waals surface area contributed by atoms with Crippen molar-refractivity contribution in [1.29, 1.82) is 0 Å². The van der Waals surface area contributed by atoms with Crippen LogP contribution in [0.4, 0.5) is 8.78 Å². The van der Waals surface area contributed by atoms with Gasteiger partial charge in [0.2, 0.25) is 5.91 Å². The lowest BCUT2D eigenvalue weighted by molar-refractivity contribution is -0.118. The topological polar surface area (TPSA) is 63.2 Å². The lowest BCUT2D eigenvalue weighted by Gasteiger charge is -2.12. The second-order valence-electron chi connectivity index (χ2n) is 4.89. The minimum atomic E-state index is -4.18. The van der Waals surface area contributed by atoms with Gasteiger partial charge in [-0.15, -0.1) is 0 Å². The summed E-state index contributed by atoms with van der Waals surface area (Å²) in [6.45, 7) is 0. The van der Waals surface area contributed by atoms with Gasteiger partial charge in [0.05, 0.1) is 4.90 Å². The summed E-state index contributed by atoms with van der Waals surface area (Å²) in [5.74, 6) is -3.10. The van der Waals surface area contributed by atoms with Crippen LogP contribution in [0.1, 0.15) is 32.1 Å². The Hall–Kier alpha value is -1.76. The number of amides is 1. The summed E-state index contributed by atoms with van der Waals surface area (Å²) in [6, 6.07) is 2.16. The summed E-state index contributed by atoms with van der Waals surface area (Å²) in [4.78, 5) is 11.3. The van der Waals surface area contributed by atoms with Gasteiger partial charge in [-0.05, 0) is 43.9 Å². The number of rotatable bonds is 4. The minimum Gasteiger partial charge on any atom is -0.274 e. The minimum absolute atomic E-state index is 0.00288. The fourth-order valence-corrected chi connectivity index (χ4v) is 3.16. The van der Waals surface area contributed by atoms with Crippen LogP contribution in [0.15, 0.2) is 34.7 Å². The number of nitrogens with one attached hydrogen (secondary N) is 1. The van der Waals surface area contributed by atoms with E-state index in [1.165, 1.54) is 0 Å². The Labute approximate surface area is 121 Å². The summed E-state index contributed by atoms with van der Waals surface area (Å²) < 4.78 is 51.5. The number of sulfonamides is 1. The molecule has 7 heteroatoms. The van der Waals surface area contributed by atoms with Crippen LogP contribution in [0.25, 0.3) is 0 Å². The third kappa shape index (κ3) is 4.10. The summed E-state index contributed by atoms with van der Waals surface area (Å²) in [5.41, 5.74) is 0.902. The first-order valence-electron chi connectivity index (χ1n) is 6.57. The highest BCUT2D eigenvalue weighted by molar-refractivity contribution is 7.90. The summed E-state index contributed by atoms with van der Waals surface area (Å²) >= 11 is 0. The monoisotopic (exact) mass is 315 g/mol. The average Bonchev–Trinajstić information content (AvgIpc) is 2.42. The van der Waals surface area contributed by atoms with E-state index in [0.717, 1.165) is 37.3 Å². The van der Waals surface area contributed by atoms with Crippen LogP contribution in [0.2, 0.25) is 0 Å². The molecule has 1 aromatic carbocycles. The molecule has 0 heterocycles. The van der Waals surface area contributed by atoms with Crippen molar-refractivity contribution in [2.75, 3.05) is 0 Å². The normalized spacial score (nSPS) is 15.4. The first-order valence-corrected chi connectivity index (χ1v) is 8.05. The van der Waals surface area contributed by atoms with Gasteiger partial charge in [-0.2, -0.15) is 0 Å². The molecule has 0 unspecified atom stereocenters. The van der Waals surface area contributed by atoms with Crippen molar-refractivity contribution in [2.24, 2.45) is 0 Å². The molecule has 1 amide bonds. The highest BCUT2D eigenvalue weighted by Gasteiger charge is 2.20. The van der Waals surface area contributed by atoms with Crippen molar-refractivity contribution in [3.8, 4) is 0 Å². The number of allylic oxidation sites excluding steroid dienone is 1. The molecule has 0 bridgehead atoms. The van der Waals surface area contributed by atoms with Crippen molar-refractivity contribution in [2.45, 2.75) is 37.0 Å². The zero-order chi connectivity index (χ0) is 15.5. The highest BCUT2D eigenvalue weighted by Crippen LogP contribution is 2.20. The number of hydrogen-bond acceptors (Lipinski definition) is 3. The molecule has 1 aromatic rings. The lowest BCUT2D eigenvalue weighted by atomic mass is 9.97. The van der Waals surface area contributed by atoms with Crippen LogP contribution in [0.3, 0.4) is 0 Å². The Kier molecular flexibility index (Phi) is 4.72. The van der Waals surface area contributed by atoms with Crippen LogP contribution in [-0.2, 0) is 14.8 Å². The zero-order valence-corrected chi connectivity index (χ0v) is 12.1. The SMILES string of the molecule is O=C(CC1=CCCCC1)NS(=O)(=O)c1ccc(F)c(F)c1. The fourth-order valence-electron chi connectivity index (χ4n) is 2.16. The van der Waals surface area contributed by atoms with Gasteiger partial charge in [-0.1, -0.05) is 11.6 Å². The van der Waals surface area contributed by atoms with E-state index in [1.54, 1.807) is 0 Å². The van der Waals surface area contributed by atoms with E-state index in [1.807, 2.05) is 10.8 Å². The highest BCUT2D eigenvalue weighted by atomic mass is 32.2. The molecular weight excluding hydrogens is 300 g/mol. The van der Waals surface area contributed by atoms with Crippen LogP contribution in [0, 0.1) is 11.6 Å². The summed E-state index contributed by atoms with van der Waals surface area (Å²) in [7, 11) is -4.18. The molecule has 0 spiro atoms. The molecule has 2 rings (SSSR count). The molecule has 0 aromatic heterocycles. The van der Waals surface area contributed by atoms with Crippen LogP contribution in [-0.4, -0.2) is 14.3 Å². The molecule has 0 fully saturated rings. The van der Waals surface area contributed by atoms with Gasteiger partial charge in [0.1, 0.15) is 0 Å². The van der Waals surface area contributed by atoms with E-state index in [0.29, 0.717) is 12.1 Å². The predicted octanol–water partition coefficient (Wildman–Crippen LogP) is 2.66. The number of carbonyl (C=O) groups excluding carboxylic acids is 1. The third-order valence-electron chi connectivity index (χ3n) is 3.22. The quantitative estimate of drug-likeness (QED) is 0.869. The first-order chi connectivity index (χ1) is 9.88. The molecular formula is C14H15F2NO3S. The van der Waals surface area contributed by atoms with Crippen molar-refractivity contribution >= 4 is 15.9 Å². The van der Waals surface area contributed by atoms with Crippen molar-refractivity contribution in [1.82, 2.24) is 4.72 Å². The number of hydrogen-bond donors (Lipinski definition) is 1. The van der Waals surface area contributed by atoms with Crippen molar-refractivity contribution in [3.63, 3.8) is 0 Å². The zero-order valence-electron chi connectivity index (χ0n) is 11.2. The molecule has 0 atom stereocenters. The van der Waals surface area contributed by atoms with Crippen LogP contribution < -0.4 is 4.72 Å². The number of benzene rings is 1. The van der Waals surface area contributed by atoms with Crippen molar-refractivity contribution < 1.29 is 22.0 Å². The van der Waals surface area contributed by atoms with E-state index in [9.17, 15) is 22.0 Å². The van der Waals surface area contributed by atoms with E-state index < -0.39 is 32.5 Å². The molecule has 1 aliphatic rings. The second-order valence-corrected chi connectivity index (χ2v) is 6.57. The molecule has 0 saturated carbocycles. The fraction of sp³-hybridized carbons (Fsp3) is 0.357. The van der Waals surface area contributed by atoms with Gasteiger partial charge < -0.3 is 0 Å². The molecule has 0 saturated heterocycles. The lowest BCUT2D eigenvalue weighted by Crippen LogP contribution is -2.30. The van der Waals surface area contributed by atoms with Gasteiger partial charge in [0.15, 0.2) is 11.6 Å². The molecule has 4 nitrogen and oxygen atoms in total. The number of carbonyl (C=O) groups is 1. The summed E-state index contributed by atoms with van der Waals surface area (Å²) in [6.07, 6.45) is 5.65.